The van der Waals surface area contributed by atoms with Gasteiger partial charge < -0.3 is 25.5 Å². The van der Waals surface area contributed by atoms with Crippen molar-refractivity contribution in [2.24, 2.45) is 5.73 Å². The number of carbonyl (C=O) groups excluding carboxylic acids is 2. The normalized spacial score (nSPS) is 17.3. The number of nitrogens with one attached hydrogen (secondary N) is 2. The molecule has 3 rings (SSSR count). The second-order valence-electron chi connectivity index (χ2n) is 7.83. The van der Waals surface area contributed by atoms with Crippen LogP contribution in [-0.4, -0.2) is 82.9 Å². The molecule has 0 spiro atoms. The average Bonchev–Trinajstić information content (AvgIpc) is 3.18. The van der Waals surface area contributed by atoms with Gasteiger partial charge >= 0.3 is 0 Å². The van der Waals surface area contributed by atoms with Crippen molar-refractivity contribution < 1.29 is 27.5 Å². The highest BCUT2D eigenvalue weighted by atomic mass is 32.2. The zero-order valence-electron chi connectivity index (χ0n) is 18.6. The molecule has 1 aromatic carbocycles. The van der Waals surface area contributed by atoms with Gasteiger partial charge in [0.05, 0.1) is 6.61 Å². The maximum atomic E-state index is 13.5. The minimum absolute atomic E-state index is 0.0323. The van der Waals surface area contributed by atoms with E-state index in [0.717, 1.165) is 17.1 Å². The molecule has 2 radical (unpaired) electrons. The SMILES string of the molecule is [B]c1ccc2[nH]c(C(N)=O)c(S(=O)(=O)N3CCOC(C(=O)NCCCOCCCC)C3)c2c1. The minimum atomic E-state index is -4.18. The molecule has 4 N–H and O–H groups in total. The molecule has 2 amide bonds. The summed E-state index contributed by atoms with van der Waals surface area (Å²) in [4.78, 5) is 27.0. The quantitative estimate of drug-likeness (QED) is 0.302. The number of ether oxygens (including phenoxy) is 2. The Morgan fingerprint density at radius 1 is 1.33 bits per heavy atom. The van der Waals surface area contributed by atoms with Gasteiger partial charge in [0.2, 0.25) is 10.0 Å². The first-order chi connectivity index (χ1) is 15.8. The maximum absolute atomic E-state index is 13.5. The van der Waals surface area contributed by atoms with E-state index in [4.69, 9.17) is 23.1 Å². The lowest BCUT2D eigenvalue weighted by molar-refractivity contribution is -0.136. The van der Waals surface area contributed by atoms with Crippen LogP contribution in [0.1, 0.15) is 36.7 Å². The number of amides is 2. The minimum Gasteiger partial charge on any atom is -0.381 e. The number of nitrogens with two attached hydrogens (primary N) is 1. The van der Waals surface area contributed by atoms with Crippen LogP contribution in [0.5, 0.6) is 0 Å². The summed E-state index contributed by atoms with van der Waals surface area (Å²) in [6, 6.07) is 4.64. The predicted molar refractivity (Wildman–Crippen MR) is 124 cm³/mol. The predicted octanol–water partition coefficient (Wildman–Crippen LogP) is -0.227. The van der Waals surface area contributed by atoms with Gasteiger partial charge in [-0.15, -0.1) is 0 Å². The Bertz CT molecular complexity index is 1100. The summed E-state index contributed by atoms with van der Waals surface area (Å²) in [5.41, 5.74) is 5.97. The molecule has 1 saturated heterocycles. The Hall–Kier alpha value is -2.41. The van der Waals surface area contributed by atoms with E-state index >= 15 is 0 Å². The van der Waals surface area contributed by atoms with E-state index in [0.29, 0.717) is 37.2 Å². The highest BCUT2D eigenvalue weighted by molar-refractivity contribution is 7.89. The molecule has 2 aromatic rings. The largest absolute Gasteiger partial charge is 0.381 e. The van der Waals surface area contributed by atoms with E-state index < -0.39 is 27.9 Å². The zero-order valence-corrected chi connectivity index (χ0v) is 19.4. The van der Waals surface area contributed by atoms with Crippen LogP contribution < -0.4 is 16.5 Å². The molecule has 10 nitrogen and oxygen atoms in total. The van der Waals surface area contributed by atoms with Crippen molar-refractivity contribution in [2.75, 3.05) is 39.5 Å². The van der Waals surface area contributed by atoms with E-state index in [1.165, 1.54) is 6.07 Å². The standard InChI is InChI=1S/C21H29BN4O6S/c1-2-3-9-31-10-4-7-24-21(28)17-13-26(8-11-32-17)33(29,30)19-15-12-14(22)5-6-16(15)25-18(19)20(23)27/h5-6,12,17,25H,2-4,7-11,13H2,1H3,(H2,23,27)(H,24,28). The molecule has 178 valence electrons. The number of rotatable bonds is 11. The Morgan fingerprint density at radius 2 is 2.09 bits per heavy atom. The first kappa shape index (κ1) is 25.2. The third-order valence-corrected chi connectivity index (χ3v) is 7.30. The number of morpholine rings is 1. The molecular formula is C21H29BN4O6S. The smallest absolute Gasteiger partial charge is 0.266 e. The van der Waals surface area contributed by atoms with Crippen LogP contribution in [0.4, 0.5) is 0 Å². The third kappa shape index (κ3) is 5.94. The number of fused-ring (bicyclic) bond motifs is 1. The van der Waals surface area contributed by atoms with Crippen molar-refractivity contribution in [3.8, 4) is 0 Å². The van der Waals surface area contributed by atoms with Crippen LogP contribution in [0.2, 0.25) is 0 Å². The van der Waals surface area contributed by atoms with Crippen molar-refractivity contribution in [3.05, 3.63) is 23.9 Å². The summed E-state index contributed by atoms with van der Waals surface area (Å²) in [5.74, 6) is -1.31. The molecule has 1 atom stereocenters. The lowest BCUT2D eigenvalue weighted by Crippen LogP contribution is -2.51. The topological polar surface area (TPSA) is 144 Å². The maximum Gasteiger partial charge on any atom is 0.266 e. The summed E-state index contributed by atoms with van der Waals surface area (Å²) in [6.07, 6.45) is 1.72. The molecule has 0 bridgehead atoms. The molecule has 0 saturated carbocycles. The van der Waals surface area contributed by atoms with Crippen molar-refractivity contribution in [2.45, 2.75) is 37.2 Å². The zero-order chi connectivity index (χ0) is 24.0. The molecule has 0 aliphatic carbocycles. The monoisotopic (exact) mass is 476 g/mol. The van der Waals surface area contributed by atoms with Gasteiger partial charge in [0, 0.05) is 43.8 Å². The molecule has 1 unspecified atom stereocenters. The number of hydrogen-bond acceptors (Lipinski definition) is 6. The van der Waals surface area contributed by atoms with Gasteiger partial charge in [-0.1, -0.05) is 30.9 Å². The summed E-state index contributed by atoms with van der Waals surface area (Å²) < 4.78 is 39.1. The van der Waals surface area contributed by atoms with E-state index in [-0.39, 0.29) is 35.7 Å². The molecular weight excluding hydrogens is 447 g/mol. The van der Waals surface area contributed by atoms with Gasteiger partial charge in [-0.25, -0.2) is 8.42 Å². The lowest BCUT2D eigenvalue weighted by atomic mass is 9.95. The molecule has 33 heavy (non-hydrogen) atoms. The number of hydrogen-bond donors (Lipinski definition) is 3. The number of benzene rings is 1. The highest BCUT2D eigenvalue weighted by Crippen LogP contribution is 2.30. The van der Waals surface area contributed by atoms with Gasteiger partial charge in [-0.2, -0.15) is 4.31 Å². The van der Waals surface area contributed by atoms with Crippen molar-refractivity contribution in [3.63, 3.8) is 0 Å². The Morgan fingerprint density at radius 3 is 2.82 bits per heavy atom. The second kappa shape index (κ2) is 11.1. The van der Waals surface area contributed by atoms with Gasteiger partial charge in [0.1, 0.15) is 24.5 Å². The van der Waals surface area contributed by atoms with Gasteiger partial charge in [0.15, 0.2) is 0 Å². The molecule has 1 fully saturated rings. The summed E-state index contributed by atoms with van der Waals surface area (Å²) in [6.45, 7) is 3.58. The summed E-state index contributed by atoms with van der Waals surface area (Å²) >= 11 is 0. The Labute approximate surface area is 194 Å². The third-order valence-electron chi connectivity index (χ3n) is 5.35. The number of sulfonamides is 1. The highest BCUT2D eigenvalue weighted by Gasteiger charge is 2.37. The number of unbranched alkanes of at least 4 members (excludes halogenated alkanes) is 1. The van der Waals surface area contributed by atoms with Gasteiger partial charge in [-0.05, 0) is 18.9 Å². The molecule has 2 heterocycles. The fourth-order valence-corrected chi connectivity index (χ4v) is 5.37. The first-order valence-electron chi connectivity index (χ1n) is 10.9. The van der Waals surface area contributed by atoms with Gasteiger partial charge in [-0.3, -0.25) is 9.59 Å². The van der Waals surface area contributed by atoms with Gasteiger partial charge in [0.25, 0.3) is 11.8 Å². The van der Waals surface area contributed by atoms with Crippen LogP contribution in [0.3, 0.4) is 0 Å². The summed E-state index contributed by atoms with van der Waals surface area (Å²) in [7, 11) is 1.66. The molecule has 1 aliphatic rings. The van der Waals surface area contributed by atoms with E-state index in [1.54, 1.807) is 12.1 Å². The molecule has 1 aromatic heterocycles. The second-order valence-corrected chi connectivity index (χ2v) is 9.71. The fraction of sp³-hybridized carbons (Fsp3) is 0.524. The molecule has 12 heteroatoms. The number of primary amides is 1. The van der Waals surface area contributed by atoms with E-state index in [2.05, 4.69) is 17.2 Å². The number of H-pyrrole nitrogens is 1. The Kier molecular flexibility index (Phi) is 8.52. The summed E-state index contributed by atoms with van der Waals surface area (Å²) in [5, 5.41) is 3.02. The first-order valence-corrected chi connectivity index (χ1v) is 12.4. The lowest BCUT2D eigenvalue weighted by Gasteiger charge is -2.31. The van der Waals surface area contributed by atoms with Crippen LogP contribution in [-0.2, 0) is 24.3 Å². The number of carbonyl (C=O) groups is 2. The van der Waals surface area contributed by atoms with Crippen molar-refractivity contribution in [1.29, 1.82) is 0 Å². The fourth-order valence-electron chi connectivity index (χ4n) is 3.61. The number of aromatic nitrogens is 1. The van der Waals surface area contributed by atoms with E-state index in [1.807, 2.05) is 0 Å². The Balaban J connectivity index is 1.71. The van der Waals surface area contributed by atoms with Crippen LogP contribution in [0.25, 0.3) is 10.9 Å². The number of aromatic amines is 1. The average molecular weight is 476 g/mol. The number of nitrogens with zero attached hydrogens (tertiary/aromatic N) is 1. The van der Waals surface area contributed by atoms with Crippen molar-refractivity contribution in [1.82, 2.24) is 14.6 Å². The molecule has 1 aliphatic heterocycles. The van der Waals surface area contributed by atoms with Crippen molar-refractivity contribution >= 4 is 46.0 Å². The van der Waals surface area contributed by atoms with Crippen LogP contribution in [0.15, 0.2) is 23.1 Å². The van der Waals surface area contributed by atoms with Crippen LogP contribution in [0, 0.1) is 0 Å². The van der Waals surface area contributed by atoms with E-state index in [9.17, 15) is 18.0 Å². The van der Waals surface area contributed by atoms with Crippen LogP contribution >= 0.6 is 0 Å².